The molecule has 0 radical (unpaired) electrons. The van der Waals surface area contributed by atoms with Crippen LogP contribution in [0.1, 0.15) is 33.6 Å². The molecule has 0 amide bonds. The fraction of sp³-hybridized carbons (Fsp3) is 0.381. The molecule has 0 aliphatic rings. The molecular formula is C21H23F5NO5P. The van der Waals surface area contributed by atoms with E-state index in [4.69, 9.17) is 13.8 Å². The van der Waals surface area contributed by atoms with Gasteiger partial charge in [0.05, 0.1) is 6.61 Å². The van der Waals surface area contributed by atoms with E-state index in [-0.39, 0.29) is 18.3 Å². The predicted molar refractivity (Wildman–Crippen MR) is 109 cm³/mol. The highest BCUT2D eigenvalue weighted by atomic mass is 31.2. The zero-order chi connectivity index (χ0) is 24.8. The number of hydrogen-bond acceptors (Lipinski definition) is 5. The van der Waals surface area contributed by atoms with Gasteiger partial charge in [-0.3, -0.25) is 4.79 Å². The predicted octanol–water partition coefficient (Wildman–Crippen LogP) is 5.91. The van der Waals surface area contributed by atoms with Gasteiger partial charge < -0.3 is 13.8 Å². The minimum atomic E-state index is -4.93. The Hall–Kier alpha value is -2.65. The van der Waals surface area contributed by atoms with Crippen molar-refractivity contribution in [1.29, 1.82) is 0 Å². The second kappa shape index (κ2) is 11.5. The maximum absolute atomic E-state index is 14.1. The van der Waals surface area contributed by atoms with Crippen molar-refractivity contribution in [2.24, 2.45) is 5.92 Å². The number of rotatable bonds is 11. The summed E-state index contributed by atoms with van der Waals surface area (Å²) in [5.74, 6) is -14.5. The van der Waals surface area contributed by atoms with Crippen LogP contribution in [0, 0.1) is 35.0 Å². The number of para-hydroxylation sites is 1. The summed E-state index contributed by atoms with van der Waals surface area (Å²) in [6.07, 6.45) is 1.48. The number of benzene rings is 2. The molecule has 6 nitrogen and oxygen atoms in total. The van der Waals surface area contributed by atoms with Gasteiger partial charge in [-0.2, -0.15) is 13.9 Å². The number of esters is 1. The minimum absolute atomic E-state index is 0.0696. The Balaban J connectivity index is 2.34. The summed E-state index contributed by atoms with van der Waals surface area (Å²) in [4.78, 5) is 12.3. The van der Waals surface area contributed by atoms with Crippen molar-refractivity contribution >= 4 is 13.7 Å². The molecule has 2 atom stereocenters. The standard InChI is InChI=1S/C21H23F5NO5P/c1-4-13(5-2)11-30-21(28)12(3)27-33(29,31-14-9-7-6-8-10-14)32-20-18(25)16(23)15(22)17(24)19(20)26/h6-10,12-13H,4-5,11H2,1-3H3,(H,27,29)/t12-,33+/m0/s1. The molecule has 2 rings (SSSR count). The Kier molecular flexibility index (Phi) is 9.25. The van der Waals surface area contributed by atoms with Crippen LogP contribution in [0.3, 0.4) is 0 Å². The van der Waals surface area contributed by atoms with Crippen molar-refractivity contribution in [2.45, 2.75) is 39.7 Å². The molecule has 1 N–H and O–H groups in total. The first-order chi connectivity index (χ1) is 15.5. The summed E-state index contributed by atoms with van der Waals surface area (Å²) in [6.45, 7) is 5.09. The molecule has 0 unspecified atom stereocenters. The van der Waals surface area contributed by atoms with Crippen molar-refractivity contribution in [3.8, 4) is 11.5 Å². The lowest BCUT2D eigenvalue weighted by molar-refractivity contribution is -0.146. The lowest BCUT2D eigenvalue weighted by Gasteiger charge is -2.24. The SMILES string of the molecule is CCC(CC)COC(=O)[C@H](C)N[P@@](=O)(Oc1ccccc1)Oc1c(F)c(F)c(F)c(F)c1F. The van der Waals surface area contributed by atoms with Gasteiger partial charge in [0.25, 0.3) is 0 Å². The number of hydrogen-bond donors (Lipinski definition) is 1. The molecule has 33 heavy (non-hydrogen) atoms. The van der Waals surface area contributed by atoms with E-state index >= 15 is 0 Å². The van der Waals surface area contributed by atoms with Crippen LogP contribution in [0.5, 0.6) is 11.5 Å². The van der Waals surface area contributed by atoms with E-state index in [1.807, 2.05) is 13.8 Å². The number of nitrogens with one attached hydrogen (secondary N) is 1. The number of halogens is 5. The first-order valence-electron chi connectivity index (χ1n) is 10.0. The Morgan fingerprint density at radius 2 is 1.42 bits per heavy atom. The Bertz CT molecular complexity index is 991. The fourth-order valence-electron chi connectivity index (χ4n) is 2.62. The second-order valence-corrected chi connectivity index (χ2v) is 8.67. The highest BCUT2D eigenvalue weighted by Crippen LogP contribution is 2.47. The van der Waals surface area contributed by atoms with Gasteiger partial charge in [0.1, 0.15) is 11.8 Å². The van der Waals surface area contributed by atoms with Crippen molar-refractivity contribution in [2.75, 3.05) is 6.61 Å². The second-order valence-electron chi connectivity index (χ2n) is 7.06. The van der Waals surface area contributed by atoms with Crippen LogP contribution in [0.25, 0.3) is 0 Å². The number of carbonyl (C=O) groups is 1. The third kappa shape index (κ3) is 6.68. The van der Waals surface area contributed by atoms with E-state index in [0.29, 0.717) is 0 Å². The maximum Gasteiger partial charge on any atom is 0.513 e. The van der Waals surface area contributed by atoms with E-state index in [9.17, 15) is 31.3 Å². The Labute approximate surface area is 187 Å². The van der Waals surface area contributed by atoms with Gasteiger partial charge in [0.15, 0.2) is 0 Å². The summed E-state index contributed by atoms with van der Waals surface area (Å²) >= 11 is 0. The minimum Gasteiger partial charge on any atom is -0.464 e. The summed E-state index contributed by atoms with van der Waals surface area (Å²) in [5.41, 5.74) is 0. The van der Waals surface area contributed by atoms with Gasteiger partial charge in [-0.05, 0) is 25.0 Å². The molecule has 2 aromatic carbocycles. The van der Waals surface area contributed by atoms with E-state index < -0.39 is 54.6 Å². The molecule has 0 bridgehead atoms. The average Bonchev–Trinajstić information content (AvgIpc) is 2.80. The molecule has 0 saturated carbocycles. The summed E-state index contributed by atoms with van der Waals surface area (Å²) in [7, 11) is -4.93. The van der Waals surface area contributed by atoms with E-state index in [1.54, 1.807) is 6.07 Å². The van der Waals surface area contributed by atoms with E-state index in [1.165, 1.54) is 31.2 Å². The maximum atomic E-state index is 14.1. The topological polar surface area (TPSA) is 73.9 Å². The highest BCUT2D eigenvalue weighted by molar-refractivity contribution is 7.52. The van der Waals surface area contributed by atoms with Gasteiger partial charge >= 0.3 is 13.7 Å². The lowest BCUT2D eigenvalue weighted by Crippen LogP contribution is -2.36. The molecule has 0 saturated heterocycles. The molecule has 182 valence electrons. The van der Waals surface area contributed by atoms with Gasteiger partial charge in [0.2, 0.25) is 34.8 Å². The van der Waals surface area contributed by atoms with Crippen molar-refractivity contribution in [1.82, 2.24) is 5.09 Å². The summed E-state index contributed by atoms with van der Waals surface area (Å²) in [6, 6.07) is 5.71. The van der Waals surface area contributed by atoms with Crippen LogP contribution in [0.4, 0.5) is 22.0 Å². The highest BCUT2D eigenvalue weighted by Gasteiger charge is 2.38. The first-order valence-corrected chi connectivity index (χ1v) is 11.6. The molecule has 0 aliphatic carbocycles. The van der Waals surface area contributed by atoms with Crippen LogP contribution < -0.4 is 14.1 Å². The normalized spacial score (nSPS) is 14.0. The zero-order valence-electron chi connectivity index (χ0n) is 18.0. The largest absolute Gasteiger partial charge is 0.513 e. The lowest BCUT2D eigenvalue weighted by atomic mass is 10.1. The molecule has 2 aromatic rings. The van der Waals surface area contributed by atoms with Crippen LogP contribution in [0.15, 0.2) is 30.3 Å². The molecule has 0 aromatic heterocycles. The van der Waals surface area contributed by atoms with Crippen molar-refractivity contribution < 1.29 is 45.1 Å². The Morgan fingerprint density at radius 1 is 0.909 bits per heavy atom. The van der Waals surface area contributed by atoms with Crippen LogP contribution >= 0.6 is 7.75 Å². The summed E-state index contributed by atoms with van der Waals surface area (Å²) < 4.78 is 97.0. The first kappa shape index (κ1) is 26.6. The van der Waals surface area contributed by atoms with E-state index in [0.717, 1.165) is 12.8 Å². The van der Waals surface area contributed by atoms with Gasteiger partial charge in [-0.1, -0.05) is 44.9 Å². The van der Waals surface area contributed by atoms with Crippen LogP contribution in [-0.2, 0) is 14.1 Å². The molecule has 0 fully saturated rings. The van der Waals surface area contributed by atoms with Gasteiger partial charge in [0, 0.05) is 0 Å². The quantitative estimate of drug-likeness (QED) is 0.138. The monoisotopic (exact) mass is 495 g/mol. The smallest absolute Gasteiger partial charge is 0.464 e. The molecule has 0 spiro atoms. The van der Waals surface area contributed by atoms with E-state index in [2.05, 4.69) is 5.09 Å². The van der Waals surface area contributed by atoms with Gasteiger partial charge in [-0.25, -0.2) is 17.7 Å². The third-order valence-electron chi connectivity index (χ3n) is 4.67. The van der Waals surface area contributed by atoms with Gasteiger partial charge in [-0.15, -0.1) is 0 Å². The molecule has 12 heteroatoms. The molecule has 0 heterocycles. The van der Waals surface area contributed by atoms with Crippen LogP contribution in [0.2, 0.25) is 0 Å². The van der Waals surface area contributed by atoms with Crippen molar-refractivity contribution in [3.05, 3.63) is 59.4 Å². The molecule has 0 aliphatic heterocycles. The molecular weight excluding hydrogens is 472 g/mol. The number of ether oxygens (including phenoxy) is 1. The zero-order valence-corrected chi connectivity index (χ0v) is 18.9. The average molecular weight is 495 g/mol. The number of carbonyl (C=O) groups excluding carboxylic acids is 1. The van der Waals surface area contributed by atoms with Crippen LogP contribution in [-0.4, -0.2) is 18.6 Å². The third-order valence-corrected chi connectivity index (χ3v) is 6.25. The fourth-order valence-corrected chi connectivity index (χ4v) is 4.14. The van der Waals surface area contributed by atoms with Crippen molar-refractivity contribution in [3.63, 3.8) is 0 Å². The summed E-state index contributed by atoms with van der Waals surface area (Å²) in [5, 5.41) is 2.12. The Morgan fingerprint density at radius 3 is 1.94 bits per heavy atom.